The number of fused-ring (bicyclic) bond motifs is 1. The second-order valence-electron chi connectivity index (χ2n) is 5.42. The van der Waals surface area contributed by atoms with Crippen molar-refractivity contribution < 1.29 is 4.74 Å². The van der Waals surface area contributed by atoms with Crippen LogP contribution in [0.5, 0.6) is 0 Å². The molecule has 1 atom stereocenters. The van der Waals surface area contributed by atoms with E-state index in [4.69, 9.17) is 4.74 Å². The maximum Gasteiger partial charge on any atom is 0.277 e. The Morgan fingerprint density at radius 3 is 3.10 bits per heavy atom. The van der Waals surface area contributed by atoms with Crippen LogP contribution in [-0.2, 0) is 11.3 Å². The fourth-order valence-electron chi connectivity index (χ4n) is 2.63. The molecule has 1 unspecified atom stereocenters. The van der Waals surface area contributed by atoms with Crippen molar-refractivity contribution >= 4 is 10.9 Å². The predicted molar refractivity (Wildman–Crippen MR) is 76.7 cm³/mol. The molecule has 1 saturated heterocycles. The van der Waals surface area contributed by atoms with Gasteiger partial charge in [0.15, 0.2) is 0 Å². The number of aromatic nitrogens is 3. The smallest absolute Gasteiger partial charge is 0.277 e. The van der Waals surface area contributed by atoms with Gasteiger partial charge in [-0.3, -0.25) is 4.79 Å². The van der Waals surface area contributed by atoms with E-state index >= 15 is 0 Å². The average Bonchev–Trinajstić information content (AvgIpc) is 2.47. The maximum atomic E-state index is 12.3. The molecule has 0 spiro atoms. The first-order chi connectivity index (χ1) is 9.74. The Balaban J connectivity index is 1.79. The quantitative estimate of drug-likeness (QED) is 0.859. The summed E-state index contributed by atoms with van der Waals surface area (Å²) in [6, 6.07) is 5.65. The number of nitrogens with zero attached hydrogens (tertiary/aromatic N) is 3. The summed E-state index contributed by atoms with van der Waals surface area (Å²) in [6.07, 6.45) is 4.51. The van der Waals surface area contributed by atoms with Crippen molar-refractivity contribution in [1.29, 1.82) is 0 Å². The summed E-state index contributed by atoms with van der Waals surface area (Å²) >= 11 is 0. The SMILES string of the molecule is Cc1ccc2c(=O)n(CCC3CCCCO3)nnc2c1. The first-order valence-corrected chi connectivity index (χ1v) is 7.20. The topological polar surface area (TPSA) is 57.0 Å². The van der Waals surface area contributed by atoms with Crippen LogP contribution < -0.4 is 5.56 Å². The van der Waals surface area contributed by atoms with Gasteiger partial charge >= 0.3 is 0 Å². The first-order valence-electron chi connectivity index (χ1n) is 7.20. The summed E-state index contributed by atoms with van der Waals surface area (Å²) in [6.45, 7) is 3.38. The van der Waals surface area contributed by atoms with Gasteiger partial charge in [-0.15, -0.1) is 5.10 Å². The lowest BCUT2D eigenvalue weighted by Crippen LogP contribution is -2.28. The Morgan fingerprint density at radius 2 is 2.30 bits per heavy atom. The lowest BCUT2D eigenvalue weighted by atomic mass is 10.1. The highest BCUT2D eigenvalue weighted by atomic mass is 16.5. The Labute approximate surface area is 117 Å². The van der Waals surface area contributed by atoms with Gasteiger partial charge < -0.3 is 4.74 Å². The molecule has 0 saturated carbocycles. The highest BCUT2D eigenvalue weighted by Crippen LogP contribution is 2.16. The molecule has 5 heteroatoms. The van der Waals surface area contributed by atoms with E-state index in [9.17, 15) is 4.79 Å². The fraction of sp³-hybridized carbons (Fsp3) is 0.533. The monoisotopic (exact) mass is 273 g/mol. The second kappa shape index (κ2) is 5.71. The predicted octanol–water partition coefficient (Wildman–Crippen LogP) is 2.06. The minimum Gasteiger partial charge on any atom is -0.378 e. The molecule has 2 heterocycles. The van der Waals surface area contributed by atoms with Gasteiger partial charge in [-0.2, -0.15) is 0 Å². The van der Waals surface area contributed by atoms with Gasteiger partial charge in [0.1, 0.15) is 5.52 Å². The van der Waals surface area contributed by atoms with E-state index in [2.05, 4.69) is 10.3 Å². The van der Waals surface area contributed by atoms with E-state index in [1.54, 1.807) is 0 Å². The van der Waals surface area contributed by atoms with E-state index < -0.39 is 0 Å². The summed E-state index contributed by atoms with van der Waals surface area (Å²) in [5.41, 5.74) is 1.69. The highest BCUT2D eigenvalue weighted by Gasteiger charge is 2.14. The van der Waals surface area contributed by atoms with Crippen molar-refractivity contribution in [2.24, 2.45) is 0 Å². The van der Waals surface area contributed by atoms with Crippen LogP contribution in [0.1, 0.15) is 31.2 Å². The zero-order valence-corrected chi connectivity index (χ0v) is 11.7. The number of ether oxygens (including phenoxy) is 1. The molecule has 3 rings (SSSR count). The number of hydrogen-bond acceptors (Lipinski definition) is 4. The molecule has 0 amide bonds. The van der Waals surface area contributed by atoms with Crippen LogP contribution in [0.3, 0.4) is 0 Å². The Kier molecular flexibility index (Phi) is 3.78. The van der Waals surface area contributed by atoms with E-state index in [0.29, 0.717) is 17.4 Å². The summed E-state index contributed by atoms with van der Waals surface area (Å²) < 4.78 is 7.13. The lowest BCUT2D eigenvalue weighted by Gasteiger charge is -2.22. The van der Waals surface area contributed by atoms with Gasteiger partial charge in [0.05, 0.1) is 11.5 Å². The largest absolute Gasteiger partial charge is 0.378 e. The molecule has 20 heavy (non-hydrogen) atoms. The minimum absolute atomic E-state index is 0.0641. The van der Waals surface area contributed by atoms with Crippen LogP contribution in [-0.4, -0.2) is 27.7 Å². The lowest BCUT2D eigenvalue weighted by molar-refractivity contribution is 0.00797. The molecule has 1 aromatic heterocycles. The fourth-order valence-corrected chi connectivity index (χ4v) is 2.63. The normalized spacial score (nSPS) is 19.4. The molecule has 1 aromatic carbocycles. The summed E-state index contributed by atoms with van der Waals surface area (Å²) in [4.78, 5) is 12.3. The summed E-state index contributed by atoms with van der Waals surface area (Å²) in [7, 11) is 0. The van der Waals surface area contributed by atoms with Gasteiger partial charge in [0, 0.05) is 13.2 Å². The van der Waals surface area contributed by atoms with Crippen LogP contribution in [0.2, 0.25) is 0 Å². The molecule has 0 aliphatic carbocycles. The van der Waals surface area contributed by atoms with Crippen molar-refractivity contribution in [1.82, 2.24) is 15.0 Å². The Bertz CT molecular complexity index is 660. The van der Waals surface area contributed by atoms with E-state index in [-0.39, 0.29) is 11.7 Å². The molecule has 0 radical (unpaired) electrons. The van der Waals surface area contributed by atoms with Crippen molar-refractivity contribution in [2.75, 3.05) is 6.61 Å². The number of aryl methyl sites for hydroxylation is 2. The molecule has 5 nitrogen and oxygen atoms in total. The molecule has 1 aliphatic heterocycles. The average molecular weight is 273 g/mol. The van der Waals surface area contributed by atoms with E-state index in [0.717, 1.165) is 31.4 Å². The van der Waals surface area contributed by atoms with Crippen molar-refractivity contribution in [2.45, 2.75) is 45.3 Å². The third-order valence-electron chi connectivity index (χ3n) is 3.82. The van der Waals surface area contributed by atoms with Crippen molar-refractivity contribution in [3.63, 3.8) is 0 Å². The Morgan fingerprint density at radius 1 is 1.40 bits per heavy atom. The van der Waals surface area contributed by atoms with Crippen LogP contribution in [0.25, 0.3) is 10.9 Å². The summed E-state index contributed by atoms with van der Waals surface area (Å²) in [5.74, 6) is 0. The molecule has 1 fully saturated rings. The molecule has 2 aromatic rings. The van der Waals surface area contributed by atoms with E-state index in [1.165, 1.54) is 11.1 Å². The van der Waals surface area contributed by atoms with E-state index in [1.807, 2.05) is 25.1 Å². The minimum atomic E-state index is -0.0641. The van der Waals surface area contributed by atoms with Crippen molar-refractivity contribution in [3.05, 3.63) is 34.1 Å². The number of benzene rings is 1. The molecule has 0 bridgehead atoms. The van der Waals surface area contributed by atoms with Gasteiger partial charge in [0.25, 0.3) is 5.56 Å². The van der Waals surface area contributed by atoms with Gasteiger partial charge in [0.2, 0.25) is 0 Å². The Hall–Kier alpha value is -1.75. The number of hydrogen-bond donors (Lipinski definition) is 0. The zero-order chi connectivity index (χ0) is 13.9. The third kappa shape index (κ3) is 2.72. The molecular formula is C15H19N3O2. The zero-order valence-electron chi connectivity index (χ0n) is 11.7. The molecule has 0 N–H and O–H groups in total. The standard InChI is InChI=1S/C15H19N3O2/c1-11-5-6-13-14(10-11)16-17-18(15(13)19)8-7-12-4-2-3-9-20-12/h5-6,10,12H,2-4,7-9H2,1H3. The van der Waals surface area contributed by atoms with Gasteiger partial charge in [-0.25, -0.2) is 4.68 Å². The van der Waals surface area contributed by atoms with Crippen LogP contribution in [0, 0.1) is 6.92 Å². The van der Waals surface area contributed by atoms with Gasteiger partial charge in [-0.05, 0) is 50.3 Å². The van der Waals surface area contributed by atoms with Crippen LogP contribution >= 0.6 is 0 Å². The first kappa shape index (κ1) is 13.2. The molecule has 1 aliphatic rings. The van der Waals surface area contributed by atoms with Gasteiger partial charge in [-0.1, -0.05) is 11.3 Å². The van der Waals surface area contributed by atoms with Crippen LogP contribution in [0.15, 0.2) is 23.0 Å². The molecular weight excluding hydrogens is 254 g/mol. The van der Waals surface area contributed by atoms with Crippen LogP contribution in [0.4, 0.5) is 0 Å². The third-order valence-corrected chi connectivity index (χ3v) is 3.82. The molecule has 106 valence electrons. The van der Waals surface area contributed by atoms with Crippen molar-refractivity contribution in [3.8, 4) is 0 Å². The maximum absolute atomic E-state index is 12.3. The summed E-state index contributed by atoms with van der Waals surface area (Å²) in [5, 5.41) is 8.80. The number of rotatable bonds is 3. The second-order valence-corrected chi connectivity index (χ2v) is 5.42. The highest BCUT2D eigenvalue weighted by molar-refractivity contribution is 5.77.